The monoisotopic (exact) mass is 364 g/mol. The molecule has 0 unspecified atom stereocenters. The lowest BCUT2D eigenvalue weighted by atomic mass is 10.2. The minimum atomic E-state index is -3.32. The van der Waals surface area contributed by atoms with Gasteiger partial charge in [0.2, 0.25) is 15.9 Å². The quantitative estimate of drug-likeness (QED) is 0.794. The molecule has 1 aliphatic carbocycles. The normalized spacial score (nSPS) is 14.3. The van der Waals surface area contributed by atoms with Crippen LogP contribution in [0.4, 0.5) is 5.69 Å². The van der Waals surface area contributed by atoms with E-state index < -0.39 is 10.0 Å². The number of hydrogen-bond acceptors (Lipinski definition) is 6. The van der Waals surface area contributed by atoms with E-state index in [0.29, 0.717) is 41.8 Å². The Bertz CT molecular complexity index is 857. The highest BCUT2D eigenvalue weighted by Gasteiger charge is 2.29. The molecule has 0 radical (unpaired) electrons. The molecule has 0 aliphatic heterocycles. The third kappa shape index (κ3) is 4.36. The Morgan fingerprint density at radius 2 is 2.00 bits per heavy atom. The van der Waals surface area contributed by atoms with Gasteiger partial charge in [-0.2, -0.15) is 4.98 Å². The number of nitrogens with one attached hydrogen (secondary N) is 1. The molecule has 1 heterocycles. The number of amides is 1. The van der Waals surface area contributed by atoms with Crippen LogP contribution >= 0.6 is 0 Å². The van der Waals surface area contributed by atoms with Crippen LogP contribution in [0, 0.1) is 0 Å². The molecule has 1 N–H and O–H groups in total. The van der Waals surface area contributed by atoms with E-state index in [1.165, 1.54) is 7.05 Å². The molecule has 25 heavy (non-hydrogen) atoms. The Balaban J connectivity index is 1.52. The minimum absolute atomic E-state index is 0.237. The first-order valence-electron chi connectivity index (χ1n) is 7.99. The van der Waals surface area contributed by atoms with Gasteiger partial charge in [0, 0.05) is 31.5 Å². The highest BCUT2D eigenvalue weighted by Crippen LogP contribution is 2.38. The van der Waals surface area contributed by atoms with Gasteiger partial charge in [0.15, 0.2) is 5.82 Å². The van der Waals surface area contributed by atoms with Crippen LogP contribution in [-0.2, 0) is 16.4 Å². The van der Waals surface area contributed by atoms with Crippen LogP contribution in [0.15, 0.2) is 28.8 Å². The molecule has 1 amide bonds. The first-order chi connectivity index (χ1) is 11.8. The molecular weight excluding hydrogens is 344 g/mol. The summed E-state index contributed by atoms with van der Waals surface area (Å²) in [6, 6.07) is 6.37. The molecular formula is C16H20N4O4S. The Kier molecular flexibility index (Phi) is 4.76. The van der Waals surface area contributed by atoms with E-state index in [1.807, 2.05) is 0 Å². The number of aromatic nitrogens is 2. The Morgan fingerprint density at radius 3 is 2.60 bits per heavy atom. The zero-order valence-electron chi connectivity index (χ0n) is 14.1. The lowest BCUT2D eigenvalue weighted by Gasteiger charge is -2.16. The average Bonchev–Trinajstić information content (AvgIpc) is 3.33. The van der Waals surface area contributed by atoms with E-state index in [4.69, 9.17) is 4.52 Å². The van der Waals surface area contributed by atoms with E-state index in [-0.39, 0.29) is 5.91 Å². The summed E-state index contributed by atoms with van der Waals surface area (Å²) in [5.74, 6) is 1.46. The Labute approximate surface area is 146 Å². The molecule has 1 fully saturated rings. The van der Waals surface area contributed by atoms with Gasteiger partial charge in [-0.05, 0) is 37.1 Å². The van der Waals surface area contributed by atoms with Crippen molar-refractivity contribution in [2.24, 2.45) is 0 Å². The van der Waals surface area contributed by atoms with Crippen LogP contribution in [0.2, 0.25) is 0 Å². The zero-order chi connectivity index (χ0) is 18.0. The topological polar surface area (TPSA) is 105 Å². The molecule has 2 aromatic rings. The first kappa shape index (κ1) is 17.4. The number of carbonyl (C=O) groups excluding carboxylic acids is 1. The lowest BCUT2D eigenvalue weighted by molar-refractivity contribution is 0.0954. The van der Waals surface area contributed by atoms with Crippen LogP contribution in [0.5, 0.6) is 0 Å². The Morgan fingerprint density at radius 1 is 1.32 bits per heavy atom. The fraction of sp³-hybridized carbons (Fsp3) is 0.438. The summed E-state index contributed by atoms with van der Waals surface area (Å²) in [7, 11) is -1.86. The maximum atomic E-state index is 12.1. The third-order valence-electron chi connectivity index (χ3n) is 4.04. The van der Waals surface area contributed by atoms with E-state index >= 15 is 0 Å². The van der Waals surface area contributed by atoms with Gasteiger partial charge in [0.05, 0.1) is 11.9 Å². The first-order valence-corrected chi connectivity index (χ1v) is 9.84. The highest BCUT2D eigenvalue weighted by atomic mass is 32.2. The predicted molar refractivity (Wildman–Crippen MR) is 92.0 cm³/mol. The summed E-state index contributed by atoms with van der Waals surface area (Å²) in [6.07, 6.45) is 3.82. The minimum Gasteiger partial charge on any atom is -0.352 e. The third-order valence-corrected chi connectivity index (χ3v) is 5.24. The fourth-order valence-electron chi connectivity index (χ4n) is 2.27. The van der Waals surface area contributed by atoms with Crippen molar-refractivity contribution in [1.82, 2.24) is 15.5 Å². The maximum absolute atomic E-state index is 12.1. The van der Waals surface area contributed by atoms with Crippen molar-refractivity contribution in [2.45, 2.75) is 25.2 Å². The van der Waals surface area contributed by atoms with Crippen LogP contribution in [0.25, 0.3) is 0 Å². The molecule has 134 valence electrons. The van der Waals surface area contributed by atoms with Gasteiger partial charge >= 0.3 is 0 Å². The largest absolute Gasteiger partial charge is 0.352 e. The van der Waals surface area contributed by atoms with Gasteiger partial charge in [-0.1, -0.05) is 5.16 Å². The van der Waals surface area contributed by atoms with Crippen LogP contribution in [0.3, 0.4) is 0 Å². The van der Waals surface area contributed by atoms with Gasteiger partial charge in [-0.3, -0.25) is 9.10 Å². The highest BCUT2D eigenvalue weighted by molar-refractivity contribution is 7.92. The van der Waals surface area contributed by atoms with Gasteiger partial charge in [0.25, 0.3) is 5.91 Å². The van der Waals surface area contributed by atoms with E-state index in [1.54, 1.807) is 24.3 Å². The molecule has 0 saturated heterocycles. The van der Waals surface area contributed by atoms with Crippen molar-refractivity contribution in [3.05, 3.63) is 41.5 Å². The number of anilines is 1. The summed E-state index contributed by atoms with van der Waals surface area (Å²) in [5, 5.41) is 6.69. The van der Waals surface area contributed by atoms with Crippen molar-refractivity contribution in [1.29, 1.82) is 0 Å². The second-order valence-electron chi connectivity index (χ2n) is 6.11. The number of hydrogen-bond donors (Lipinski definition) is 1. The van der Waals surface area contributed by atoms with E-state index in [9.17, 15) is 13.2 Å². The van der Waals surface area contributed by atoms with Crippen molar-refractivity contribution >= 4 is 21.6 Å². The van der Waals surface area contributed by atoms with Crippen molar-refractivity contribution in [3.8, 4) is 0 Å². The summed E-state index contributed by atoms with van der Waals surface area (Å²) < 4.78 is 29.3. The number of sulfonamides is 1. The van der Waals surface area contributed by atoms with Crippen LogP contribution < -0.4 is 9.62 Å². The summed E-state index contributed by atoms with van der Waals surface area (Å²) in [5.41, 5.74) is 0.955. The molecule has 1 aromatic carbocycles. The maximum Gasteiger partial charge on any atom is 0.251 e. The van der Waals surface area contributed by atoms with Crippen molar-refractivity contribution < 1.29 is 17.7 Å². The second-order valence-corrected chi connectivity index (χ2v) is 8.12. The number of benzene rings is 1. The van der Waals surface area contributed by atoms with Crippen molar-refractivity contribution in [2.75, 3.05) is 24.2 Å². The number of rotatable bonds is 7. The smallest absolute Gasteiger partial charge is 0.251 e. The molecule has 3 rings (SSSR count). The fourth-order valence-corrected chi connectivity index (χ4v) is 2.77. The lowest BCUT2D eigenvalue weighted by Crippen LogP contribution is -2.27. The zero-order valence-corrected chi connectivity index (χ0v) is 14.9. The van der Waals surface area contributed by atoms with E-state index in [2.05, 4.69) is 15.5 Å². The predicted octanol–water partition coefficient (Wildman–Crippen LogP) is 1.32. The SMILES string of the molecule is CN(c1ccc(C(=O)NCCc2noc(C3CC3)n2)cc1)S(C)(=O)=O. The molecule has 8 nitrogen and oxygen atoms in total. The molecule has 1 saturated carbocycles. The standard InChI is InChI=1S/C16H20N4O4S/c1-20(25(2,22)23)13-7-5-11(6-8-13)15(21)17-10-9-14-18-16(24-19-14)12-3-4-12/h5-8,12H,3-4,9-10H2,1-2H3,(H,17,21). The van der Waals surface area contributed by atoms with Crippen LogP contribution in [0.1, 0.15) is 40.8 Å². The van der Waals surface area contributed by atoms with Crippen LogP contribution in [-0.4, -0.2) is 44.3 Å². The van der Waals surface area contributed by atoms with Gasteiger partial charge in [-0.15, -0.1) is 0 Å². The second kappa shape index (κ2) is 6.83. The average molecular weight is 364 g/mol. The molecule has 1 aliphatic rings. The molecule has 9 heteroatoms. The summed E-state index contributed by atoms with van der Waals surface area (Å²) in [6.45, 7) is 0.396. The number of carbonyl (C=O) groups is 1. The molecule has 0 bridgehead atoms. The molecule has 0 spiro atoms. The molecule has 1 aromatic heterocycles. The number of nitrogens with zero attached hydrogens (tertiary/aromatic N) is 3. The van der Waals surface area contributed by atoms with Crippen molar-refractivity contribution in [3.63, 3.8) is 0 Å². The van der Waals surface area contributed by atoms with Gasteiger partial charge < -0.3 is 9.84 Å². The van der Waals surface area contributed by atoms with E-state index in [0.717, 1.165) is 23.4 Å². The summed E-state index contributed by atoms with van der Waals surface area (Å²) >= 11 is 0. The van der Waals surface area contributed by atoms with Gasteiger partial charge in [-0.25, -0.2) is 8.42 Å². The Hall–Kier alpha value is -2.42. The molecule has 0 atom stereocenters. The summed E-state index contributed by atoms with van der Waals surface area (Å²) in [4.78, 5) is 16.4. The van der Waals surface area contributed by atoms with Gasteiger partial charge in [0.1, 0.15) is 0 Å².